The molecule has 0 aromatic heterocycles. The average molecular weight is 404 g/mol. The highest BCUT2D eigenvalue weighted by Crippen LogP contribution is 2.68. The van der Waals surface area contributed by atoms with Crippen LogP contribution in [0.2, 0.25) is 0 Å². The second-order valence-electron chi connectivity index (χ2n) is 10.9. The van der Waals surface area contributed by atoms with Crippen molar-refractivity contribution in [2.24, 2.45) is 16.7 Å². The van der Waals surface area contributed by atoms with Crippen LogP contribution in [0.5, 0.6) is 0 Å². The standard InChI is InChI=1S/C22H33N3O4/c1-4-19-9-15-10-20(12-19,14-21(29,11-15)13-19)16(26)25-7-5-22(6-8-25)17(27)23(2)18(28)24(22)3/h15,29H,4-14H2,1-3H3. The molecule has 4 aliphatic carbocycles. The van der Waals surface area contributed by atoms with Gasteiger partial charge in [-0.1, -0.05) is 13.3 Å². The first-order chi connectivity index (χ1) is 13.6. The number of imide groups is 1. The number of nitrogens with zero attached hydrogens (tertiary/aromatic N) is 3. The number of aliphatic hydroxyl groups is 1. The molecule has 7 heteroatoms. The fourth-order valence-electron chi connectivity index (χ4n) is 8.13. The molecule has 6 fully saturated rings. The molecule has 0 aromatic carbocycles. The predicted octanol–water partition coefficient (Wildman–Crippen LogP) is 1.98. The number of hydrogen-bond acceptors (Lipinski definition) is 4. The van der Waals surface area contributed by atoms with E-state index in [9.17, 15) is 19.5 Å². The molecule has 6 aliphatic rings. The third-order valence-corrected chi connectivity index (χ3v) is 9.15. The van der Waals surface area contributed by atoms with Gasteiger partial charge in [0, 0.05) is 27.2 Å². The van der Waals surface area contributed by atoms with Gasteiger partial charge in [0.05, 0.1) is 11.0 Å². The Hall–Kier alpha value is -1.63. The Morgan fingerprint density at radius 3 is 2.31 bits per heavy atom. The fourth-order valence-corrected chi connectivity index (χ4v) is 8.13. The summed E-state index contributed by atoms with van der Waals surface area (Å²) in [5, 5.41) is 11.2. The van der Waals surface area contributed by atoms with E-state index in [4.69, 9.17) is 0 Å². The van der Waals surface area contributed by atoms with E-state index < -0.39 is 16.6 Å². The van der Waals surface area contributed by atoms with E-state index in [0.717, 1.165) is 38.5 Å². The Morgan fingerprint density at radius 1 is 1.07 bits per heavy atom. The summed E-state index contributed by atoms with van der Waals surface area (Å²) in [5.74, 6) is 0.483. The lowest BCUT2D eigenvalue weighted by Gasteiger charge is -2.65. The van der Waals surface area contributed by atoms with E-state index in [0.29, 0.717) is 38.3 Å². The van der Waals surface area contributed by atoms with Crippen molar-refractivity contribution in [1.82, 2.24) is 14.7 Å². The van der Waals surface area contributed by atoms with Crippen molar-refractivity contribution < 1.29 is 19.5 Å². The molecule has 7 nitrogen and oxygen atoms in total. The van der Waals surface area contributed by atoms with Crippen LogP contribution in [0.4, 0.5) is 4.79 Å². The lowest BCUT2D eigenvalue weighted by Crippen LogP contribution is -2.65. The Balaban J connectivity index is 1.37. The second-order valence-corrected chi connectivity index (χ2v) is 10.9. The fraction of sp³-hybridized carbons (Fsp3) is 0.864. The van der Waals surface area contributed by atoms with E-state index >= 15 is 0 Å². The SMILES string of the molecule is CCC12CC3CC(O)(C1)CC(C(=O)N1CCC4(CC1)C(=O)N(C)C(=O)N4C)(C3)C2. The zero-order valence-corrected chi connectivity index (χ0v) is 17.9. The van der Waals surface area contributed by atoms with Crippen LogP contribution >= 0.6 is 0 Å². The molecular weight excluding hydrogens is 370 g/mol. The van der Waals surface area contributed by atoms with Crippen molar-refractivity contribution in [2.75, 3.05) is 27.2 Å². The maximum absolute atomic E-state index is 13.8. The van der Waals surface area contributed by atoms with Crippen LogP contribution in [0.15, 0.2) is 0 Å². The number of urea groups is 1. The second kappa shape index (κ2) is 5.74. The van der Waals surface area contributed by atoms with Crippen LogP contribution in [0.3, 0.4) is 0 Å². The van der Waals surface area contributed by atoms with Gasteiger partial charge >= 0.3 is 6.03 Å². The van der Waals surface area contributed by atoms with Crippen LogP contribution < -0.4 is 0 Å². The van der Waals surface area contributed by atoms with Gasteiger partial charge in [-0.15, -0.1) is 0 Å². The maximum Gasteiger partial charge on any atom is 0.327 e. The summed E-state index contributed by atoms with van der Waals surface area (Å²) >= 11 is 0. The molecular formula is C22H33N3O4. The van der Waals surface area contributed by atoms with E-state index in [1.54, 1.807) is 11.9 Å². The molecule has 4 saturated carbocycles. The van der Waals surface area contributed by atoms with Gasteiger partial charge in [-0.25, -0.2) is 4.79 Å². The van der Waals surface area contributed by atoms with E-state index in [2.05, 4.69) is 6.92 Å². The molecule has 1 N–H and O–H groups in total. The van der Waals surface area contributed by atoms with Gasteiger partial charge in [0.25, 0.3) is 5.91 Å². The molecule has 160 valence electrons. The topological polar surface area (TPSA) is 81.2 Å². The van der Waals surface area contributed by atoms with Crippen LogP contribution in [0.1, 0.15) is 64.7 Å². The van der Waals surface area contributed by atoms with Crippen molar-refractivity contribution in [1.29, 1.82) is 0 Å². The Kier molecular flexibility index (Phi) is 3.83. The molecule has 6 rings (SSSR count). The van der Waals surface area contributed by atoms with Gasteiger partial charge in [0.15, 0.2) is 0 Å². The zero-order valence-electron chi connectivity index (χ0n) is 17.9. The zero-order chi connectivity index (χ0) is 20.8. The van der Waals surface area contributed by atoms with Crippen molar-refractivity contribution in [3.05, 3.63) is 0 Å². The van der Waals surface area contributed by atoms with E-state index in [-0.39, 0.29) is 23.3 Å². The van der Waals surface area contributed by atoms with Crippen molar-refractivity contribution in [3.63, 3.8) is 0 Å². The molecule has 4 atom stereocenters. The molecule has 4 unspecified atom stereocenters. The molecule has 2 saturated heterocycles. The number of carbonyl (C=O) groups excluding carboxylic acids is 3. The first-order valence-corrected chi connectivity index (χ1v) is 11.2. The van der Waals surface area contributed by atoms with E-state index in [1.807, 2.05) is 4.90 Å². The highest BCUT2D eigenvalue weighted by Gasteiger charge is 2.66. The third kappa shape index (κ3) is 2.42. The number of piperidine rings is 1. The summed E-state index contributed by atoms with van der Waals surface area (Å²) in [5.41, 5.74) is -1.81. The number of likely N-dealkylation sites (N-methyl/N-ethyl adjacent to an activating group) is 2. The van der Waals surface area contributed by atoms with Gasteiger partial charge < -0.3 is 14.9 Å². The summed E-state index contributed by atoms with van der Waals surface area (Å²) in [6.45, 7) is 3.20. The van der Waals surface area contributed by atoms with Crippen LogP contribution in [-0.2, 0) is 9.59 Å². The Morgan fingerprint density at radius 2 is 1.76 bits per heavy atom. The predicted molar refractivity (Wildman–Crippen MR) is 106 cm³/mol. The average Bonchev–Trinajstić information content (AvgIpc) is 2.82. The molecule has 0 aromatic rings. The summed E-state index contributed by atoms with van der Waals surface area (Å²) in [6.07, 6.45) is 7.25. The minimum absolute atomic E-state index is 0.109. The third-order valence-electron chi connectivity index (χ3n) is 9.15. The monoisotopic (exact) mass is 403 g/mol. The first kappa shape index (κ1) is 19.3. The maximum atomic E-state index is 13.8. The first-order valence-electron chi connectivity index (χ1n) is 11.2. The lowest BCUT2D eigenvalue weighted by molar-refractivity contribution is -0.210. The Bertz CT molecular complexity index is 791. The molecule has 29 heavy (non-hydrogen) atoms. The molecule has 2 aliphatic heterocycles. The minimum atomic E-state index is -0.799. The molecule has 1 spiro atoms. The van der Waals surface area contributed by atoms with Crippen LogP contribution in [0.25, 0.3) is 0 Å². The van der Waals surface area contributed by atoms with E-state index in [1.165, 1.54) is 11.9 Å². The van der Waals surface area contributed by atoms with Gasteiger partial charge in [-0.2, -0.15) is 0 Å². The minimum Gasteiger partial charge on any atom is -0.390 e. The van der Waals surface area contributed by atoms with Crippen molar-refractivity contribution in [3.8, 4) is 0 Å². The van der Waals surface area contributed by atoms with Crippen molar-refractivity contribution >= 4 is 17.8 Å². The summed E-state index contributed by atoms with van der Waals surface area (Å²) in [6, 6.07) is -0.261. The lowest BCUT2D eigenvalue weighted by atomic mass is 9.42. The normalized spacial score (nSPS) is 43.0. The highest BCUT2D eigenvalue weighted by atomic mass is 16.3. The highest BCUT2D eigenvalue weighted by molar-refractivity contribution is 6.06. The number of carbonyl (C=O) groups is 3. The van der Waals surface area contributed by atoms with Gasteiger partial charge in [0.1, 0.15) is 5.54 Å². The molecule has 2 heterocycles. The Labute approximate surface area is 172 Å². The molecule has 0 radical (unpaired) electrons. The number of amides is 4. The van der Waals surface area contributed by atoms with Gasteiger partial charge in [-0.05, 0) is 62.7 Å². The molecule has 4 amide bonds. The number of likely N-dealkylation sites (tertiary alicyclic amines) is 1. The van der Waals surface area contributed by atoms with Crippen LogP contribution in [-0.4, -0.2) is 76.0 Å². The summed E-state index contributed by atoms with van der Waals surface area (Å²) in [4.78, 5) is 43.5. The van der Waals surface area contributed by atoms with Crippen molar-refractivity contribution in [2.45, 2.75) is 75.9 Å². The summed E-state index contributed by atoms with van der Waals surface area (Å²) < 4.78 is 0. The van der Waals surface area contributed by atoms with Gasteiger partial charge in [0.2, 0.25) is 5.91 Å². The quantitative estimate of drug-likeness (QED) is 0.715. The largest absolute Gasteiger partial charge is 0.390 e. The molecule has 4 bridgehead atoms. The number of hydrogen-bond donors (Lipinski definition) is 1. The number of rotatable bonds is 2. The van der Waals surface area contributed by atoms with Gasteiger partial charge in [-0.3, -0.25) is 14.5 Å². The smallest absolute Gasteiger partial charge is 0.327 e. The van der Waals surface area contributed by atoms with Crippen LogP contribution in [0, 0.1) is 16.7 Å². The summed E-state index contributed by atoms with van der Waals surface area (Å²) in [7, 11) is 3.23.